The van der Waals surface area contributed by atoms with Gasteiger partial charge in [0.05, 0.1) is 11.5 Å². The minimum absolute atomic E-state index is 0.0171. The predicted octanol–water partition coefficient (Wildman–Crippen LogP) is 2.54. The minimum Gasteiger partial charge on any atom is -0.321 e. The van der Waals surface area contributed by atoms with Gasteiger partial charge in [0.2, 0.25) is 5.91 Å². The molecule has 1 saturated carbocycles. The lowest BCUT2D eigenvalue weighted by Crippen LogP contribution is -2.53. The average molecular weight is 243 g/mol. The van der Waals surface area contributed by atoms with Gasteiger partial charge in [0.15, 0.2) is 0 Å². The van der Waals surface area contributed by atoms with Crippen LogP contribution in [0.25, 0.3) is 0 Å². The Labute approximate surface area is 102 Å². The summed E-state index contributed by atoms with van der Waals surface area (Å²) in [5.74, 6) is 0.257. The molecule has 0 spiro atoms. The first-order chi connectivity index (χ1) is 7.26. The summed E-state index contributed by atoms with van der Waals surface area (Å²) in [6.45, 7) is 7.22. The van der Waals surface area contributed by atoms with Crippen molar-refractivity contribution in [3.63, 3.8) is 0 Å². The number of carbonyl (C=O) groups excluding carboxylic acids is 1. The van der Waals surface area contributed by atoms with E-state index >= 15 is 0 Å². The highest BCUT2D eigenvalue weighted by atomic mass is 35.5. The van der Waals surface area contributed by atoms with E-state index in [1.54, 1.807) is 18.7 Å². The van der Waals surface area contributed by atoms with Crippen LogP contribution in [0.5, 0.6) is 0 Å². The largest absolute Gasteiger partial charge is 0.321 e. The number of rotatable bonds is 4. The zero-order chi connectivity index (χ0) is 12.6. The summed E-state index contributed by atoms with van der Waals surface area (Å²) in [6, 6.07) is 2.43. The lowest BCUT2D eigenvalue weighted by atomic mass is 9.91. The second-order valence-corrected chi connectivity index (χ2v) is 5.86. The molecule has 0 N–H and O–H groups in total. The molecule has 0 bridgehead atoms. The number of halogens is 1. The molecule has 0 aliphatic heterocycles. The van der Waals surface area contributed by atoms with Crippen LogP contribution >= 0.6 is 11.6 Å². The van der Waals surface area contributed by atoms with E-state index in [4.69, 9.17) is 16.9 Å². The molecule has 0 unspecified atom stereocenters. The molecule has 0 atom stereocenters. The first kappa shape index (κ1) is 13.3. The Balaban J connectivity index is 2.96. The highest BCUT2D eigenvalue weighted by Crippen LogP contribution is 2.36. The third-order valence-corrected chi connectivity index (χ3v) is 3.59. The molecule has 1 aliphatic rings. The van der Waals surface area contributed by atoms with Crippen molar-refractivity contribution in [2.75, 3.05) is 5.88 Å². The maximum Gasteiger partial charge on any atom is 0.230 e. The van der Waals surface area contributed by atoms with E-state index in [-0.39, 0.29) is 17.8 Å². The van der Waals surface area contributed by atoms with Crippen LogP contribution in [-0.2, 0) is 4.79 Å². The summed E-state index contributed by atoms with van der Waals surface area (Å²) in [7, 11) is 0. The zero-order valence-electron chi connectivity index (χ0n) is 10.4. The maximum absolute atomic E-state index is 12.4. The molecule has 90 valence electrons. The second-order valence-electron chi connectivity index (χ2n) is 5.59. The van der Waals surface area contributed by atoms with Gasteiger partial charge >= 0.3 is 0 Å². The van der Waals surface area contributed by atoms with Gasteiger partial charge in [-0.1, -0.05) is 0 Å². The number of nitrogens with zero attached hydrogens (tertiary/aromatic N) is 2. The van der Waals surface area contributed by atoms with Crippen molar-refractivity contribution in [1.29, 1.82) is 5.26 Å². The van der Waals surface area contributed by atoms with Gasteiger partial charge in [-0.2, -0.15) is 5.26 Å². The van der Waals surface area contributed by atoms with Crippen LogP contribution in [-0.4, -0.2) is 28.3 Å². The van der Waals surface area contributed by atoms with E-state index in [0.29, 0.717) is 0 Å². The van der Waals surface area contributed by atoms with Crippen LogP contribution in [0.1, 0.15) is 40.5 Å². The van der Waals surface area contributed by atoms with E-state index in [2.05, 4.69) is 6.07 Å². The second kappa shape index (κ2) is 4.25. The highest BCUT2D eigenvalue weighted by molar-refractivity contribution is 6.19. The third-order valence-electron chi connectivity index (χ3n) is 2.92. The molecule has 3 nitrogen and oxygen atoms in total. The van der Waals surface area contributed by atoms with Crippen LogP contribution in [0.3, 0.4) is 0 Å². The molecule has 0 aromatic carbocycles. The summed E-state index contributed by atoms with van der Waals surface area (Å²) in [6.07, 6.45) is 1.99. The first-order valence-electron chi connectivity index (χ1n) is 5.57. The number of hydrogen-bond acceptors (Lipinski definition) is 2. The van der Waals surface area contributed by atoms with Crippen molar-refractivity contribution in [2.45, 2.75) is 52.1 Å². The van der Waals surface area contributed by atoms with Gasteiger partial charge in [-0.05, 0) is 40.5 Å². The molecule has 16 heavy (non-hydrogen) atoms. The number of amides is 1. The molecule has 0 radical (unpaired) electrons. The van der Waals surface area contributed by atoms with Gasteiger partial charge < -0.3 is 4.90 Å². The van der Waals surface area contributed by atoms with Crippen LogP contribution in [0.15, 0.2) is 0 Å². The Bertz CT molecular complexity index is 326. The van der Waals surface area contributed by atoms with Gasteiger partial charge in [-0.3, -0.25) is 4.79 Å². The van der Waals surface area contributed by atoms with Crippen LogP contribution in [0.4, 0.5) is 0 Å². The van der Waals surface area contributed by atoms with Crippen LogP contribution in [0, 0.1) is 16.7 Å². The van der Waals surface area contributed by atoms with Gasteiger partial charge in [0.25, 0.3) is 0 Å². The van der Waals surface area contributed by atoms with E-state index in [0.717, 1.165) is 12.8 Å². The van der Waals surface area contributed by atoms with Crippen molar-refractivity contribution in [3.05, 3.63) is 0 Å². The smallest absolute Gasteiger partial charge is 0.230 e. The molecule has 4 heteroatoms. The van der Waals surface area contributed by atoms with E-state index in [9.17, 15) is 4.79 Å². The molecule has 1 aliphatic carbocycles. The standard InChI is InChI=1S/C12H19ClN2O/c1-11(2,7-13)10(16)15(9-5-6-9)12(3,4)8-14/h9H,5-7H2,1-4H3. The molecule has 0 saturated heterocycles. The molecule has 0 aromatic rings. The molecule has 0 heterocycles. The lowest BCUT2D eigenvalue weighted by molar-refractivity contribution is -0.143. The predicted molar refractivity (Wildman–Crippen MR) is 64.1 cm³/mol. The summed E-state index contributed by atoms with van der Waals surface area (Å²) in [4.78, 5) is 14.1. The van der Waals surface area contributed by atoms with E-state index in [1.165, 1.54) is 0 Å². The third kappa shape index (κ3) is 2.49. The molecule has 1 fully saturated rings. The number of alkyl halides is 1. The van der Waals surface area contributed by atoms with E-state index < -0.39 is 11.0 Å². The van der Waals surface area contributed by atoms with Crippen molar-refractivity contribution in [2.24, 2.45) is 5.41 Å². The summed E-state index contributed by atoms with van der Waals surface area (Å²) < 4.78 is 0. The molecule has 1 rings (SSSR count). The van der Waals surface area contributed by atoms with Gasteiger partial charge in [-0.25, -0.2) is 0 Å². The first-order valence-corrected chi connectivity index (χ1v) is 6.10. The van der Waals surface area contributed by atoms with Crippen molar-refractivity contribution in [1.82, 2.24) is 4.90 Å². The number of hydrogen-bond donors (Lipinski definition) is 0. The molecular formula is C12H19ClN2O. The summed E-state index contributed by atoms with van der Waals surface area (Å²) >= 11 is 5.82. The van der Waals surface area contributed by atoms with Gasteiger partial charge in [0.1, 0.15) is 5.54 Å². The van der Waals surface area contributed by atoms with Crippen molar-refractivity contribution in [3.8, 4) is 6.07 Å². The highest BCUT2D eigenvalue weighted by Gasteiger charge is 2.46. The Kier molecular flexibility index (Phi) is 3.54. The van der Waals surface area contributed by atoms with Gasteiger partial charge in [-0.15, -0.1) is 11.6 Å². The molecular weight excluding hydrogens is 224 g/mol. The minimum atomic E-state index is -0.748. The fourth-order valence-electron chi connectivity index (χ4n) is 1.65. The zero-order valence-corrected chi connectivity index (χ0v) is 11.1. The number of nitriles is 1. The fraction of sp³-hybridized carbons (Fsp3) is 0.833. The fourth-order valence-corrected chi connectivity index (χ4v) is 1.76. The maximum atomic E-state index is 12.4. The summed E-state index contributed by atoms with van der Waals surface area (Å²) in [5, 5.41) is 9.15. The molecule has 1 amide bonds. The van der Waals surface area contributed by atoms with E-state index in [1.807, 2.05) is 13.8 Å². The Morgan fingerprint density at radius 3 is 2.25 bits per heavy atom. The topological polar surface area (TPSA) is 44.1 Å². The quantitative estimate of drug-likeness (QED) is 0.711. The number of carbonyl (C=O) groups is 1. The Hall–Kier alpha value is -0.750. The summed E-state index contributed by atoms with van der Waals surface area (Å²) in [5.41, 5.74) is -1.35. The van der Waals surface area contributed by atoms with Crippen LogP contribution in [0.2, 0.25) is 0 Å². The van der Waals surface area contributed by atoms with Crippen molar-refractivity contribution < 1.29 is 4.79 Å². The molecule has 0 aromatic heterocycles. The Morgan fingerprint density at radius 1 is 1.44 bits per heavy atom. The normalized spacial score (nSPS) is 16.8. The van der Waals surface area contributed by atoms with Crippen molar-refractivity contribution >= 4 is 17.5 Å². The monoisotopic (exact) mass is 242 g/mol. The van der Waals surface area contributed by atoms with Gasteiger partial charge in [0, 0.05) is 11.9 Å². The lowest BCUT2D eigenvalue weighted by Gasteiger charge is -2.38. The van der Waals surface area contributed by atoms with Crippen LogP contribution < -0.4 is 0 Å². The Morgan fingerprint density at radius 2 is 1.94 bits per heavy atom. The average Bonchev–Trinajstić information content (AvgIpc) is 3.01. The SMILES string of the molecule is CC(C)(CCl)C(=O)N(C1CC1)C(C)(C)C#N.